The molecule has 2 aromatic rings. The Kier molecular flexibility index (Phi) is 3.44. The number of benzene rings is 1. The van der Waals surface area contributed by atoms with Crippen LogP contribution in [0.3, 0.4) is 0 Å². The molecule has 1 aromatic heterocycles. The van der Waals surface area contributed by atoms with E-state index in [1.165, 1.54) is 13.0 Å². The van der Waals surface area contributed by atoms with Gasteiger partial charge in [-0.25, -0.2) is 4.39 Å². The maximum Gasteiger partial charge on any atom is 0.534 e. The third kappa shape index (κ3) is 2.84. The van der Waals surface area contributed by atoms with E-state index in [-0.39, 0.29) is 10.8 Å². The van der Waals surface area contributed by atoms with Gasteiger partial charge >= 0.3 is 15.6 Å². The highest BCUT2D eigenvalue weighted by Crippen LogP contribution is 2.30. The molecule has 5 nitrogen and oxygen atoms in total. The van der Waals surface area contributed by atoms with Crippen LogP contribution < -0.4 is 9.74 Å². The summed E-state index contributed by atoms with van der Waals surface area (Å²) in [5.74, 6) is -2.53. The number of fused-ring (bicyclic) bond motifs is 1. The van der Waals surface area contributed by atoms with Crippen molar-refractivity contribution in [3.05, 3.63) is 40.1 Å². The van der Waals surface area contributed by atoms with Crippen LogP contribution in [0.1, 0.15) is 5.69 Å². The van der Waals surface area contributed by atoms with Gasteiger partial charge in [-0.1, -0.05) is 0 Å². The lowest BCUT2D eigenvalue weighted by Gasteiger charge is -2.10. The molecule has 114 valence electrons. The topological polar surface area (TPSA) is 76.2 Å². The summed E-state index contributed by atoms with van der Waals surface area (Å²) in [7, 11) is -5.99. The van der Waals surface area contributed by atoms with Crippen molar-refractivity contribution >= 4 is 20.9 Å². The number of pyridine rings is 1. The van der Waals surface area contributed by atoms with E-state index < -0.39 is 32.8 Å². The summed E-state index contributed by atoms with van der Waals surface area (Å²) in [5.41, 5.74) is -5.98. The summed E-state index contributed by atoms with van der Waals surface area (Å²) >= 11 is 0. The Balaban J connectivity index is 2.62. The highest BCUT2D eigenvalue weighted by molar-refractivity contribution is 7.88. The molecule has 21 heavy (non-hydrogen) atoms. The Bertz CT molecular complexity index is 870. The molecule has 0 atom stereocenters. The summed E-state index contributed by atoms with van der Waals surface area (Å²) in [6.07, 6.45) is 0. The van der Waals surface area contributed by atoms with Crippen molar-refractivity contribution < 1.29 is 30.2 Å². The monoisotopic (exact) mass is 325 g/mol. The van der Waals surface area contributed by atoms with Crippen molar-refractivity contribution in [2.75, 3.05) is 0 Å². The molecule has 1 aromatic carbocycles. The zero-order chi connectivity index (χ0) is 16.0. The summed E-state index contributed by atoms with van der Waals surface area (Å²) in [6.45, 7) is 1.50. The van der Waals surface area contributed by atoms with Crippen LogP contribution in [0.4, 0.5) is 17.6 Å². The van der Waals surface area contributed by atoms with Gasteiger partial charge < -0.3 is 9.17 Å². The first-order valence-electron chi connectivity index (χ1n) is 5.35. The number of rotatable bonds is 2. The molecule has 2 rings (SSSR count). The molecule has 0 unspecified atom stereocenters. The fraction of sp³-hybridized carbons (Fsp3) is 0.182. The standard InChI is InChI=1S/C11H7F4NO4S/c1-5-2-6-3-9(20-21(18,19)11(13,14)15)8(12)4-7(6)10(17)16-5/h2-4H,1H3,(H,16,17). The first-order valence-corrected chi connectivity index (χ1v) is 6.76. The van der Waals surface area contributed by atoms with E-state index in [1.54, 1.807) is 0 Å². The number of nitrogens with one attached hydrogen (secondary N) is 1. The summed E-state index contributed by atoms with van der Waals surface area (Å²) in [5, 5.41) is -0.0973. The molecule has 0 radical (unpaired) electrons. The normalized spacial score (nSPS) is 12.6. The molecule has 1 heterocycles. The van der Waals surface area contributed by atoms with Gasteiger partial charge in [0.1, 0.15) is 0 Å². The first-order chi connectivity index (χ1) is 9.51. The Hall–Kier alpha value is -2.10. The average molecular weight is 325 g/mol. The number of halogens is 4. The lowest BCUT2D eigenvalue weighted by molar-refractivity contribution is -0.0500. The third-order valence-electron chi connectivity index (χ3n) is 2.51. The minimum absolute atomic E-state index is 0.0463. The van der Waals surface area contributed by atoms with Crippen LogP contribution in [0.15, 0.2) is 23.0 Å². The molecule has 0 saturated carbocycles. The van der Waals surface area contributed by atoms with Crippen molar-refractivity contribution in [1.29, 1.82) is 0 Å². The minimum Gasteiger partial charge on any atom is -0.373 e. The predicted octanol–water partition coefficient (Wildman–Crippen LogP) is 2.20. The van der Waals surface area contributed by atoms with Crippen LogP contribution in [-0.4, -0.2) is 18.9 Å². The Morgan fingerprint density at radius 2 is 1.81 bits per heavy atom. The van der Waals surface area contributed by atoms with Crippen molar-refractivity contribution in [3.8, 4) is 5.75 Å². The minimum atomic E-state index is -5.99. The van der Waals surface area contributed by atoms with Gasteiger partial charge in [0.25, 0.3) is 5.56 Å². The van der Waals surface area contributed by atoms with Crippen molar-refractivity contribution in [3.63, 3.8) is 0 Å². The number of hydrogen-bond acceptors (Lipinski definition) is 4. The molecule has 0 spiro atoms. The molecule has 10 heteroatoms. The zero-order valence-electron chi connectivity index (χ0n) is 10.3. The zero-order valence-corrected chi connectivity index (χ0v) is 11.1. The highest BCUT2D eigenvalue weighted by Gasteiger charge is 2.48. The lowest BCUT2D eigenvalue weighted by atomic mass is 10.1. The van der Waals surface area contributed by atoms with Crippen molar-refractivity contribution in [2.24, 2.45) is 0 Å². The molecular weight excluding hydrogens is 318 g/mol. The van der Waals surface area contributed by atoms with Gasteiger partial charge in [0.15, 0.2) is 11.6 Å². The maximum atomic E-state index is 13.6. The molecule has 0 aliphatic heterocycles. The predicted molar refractivity (Wildman–Crippen MR) is 64.9 cm³/mol. The van der Waals surface area contributed by atoms with E-state index in [0.29, 0.717) is 11.8 Å². The summed E-state index contributed by atoms with van der Waals surface area (Å²) in [4.78, 5) is 13.9. The molecular formula is C11H7F4NO4S. The largest absolute Gasteiger partial charge is 0.534 e. The van der Waals surface area contributed by atoms with Gasteiger partial charge in [0.05, 0.1) is 5.39 Å². The lowest BCUT2D eigenvalue weighted by Crippen LogP contribution is -2.28. The number of aromatic amines is 1. The van der Waals surface area contributed by atoms with E-state index in [4.69, 9.17) is 0 Å². The number of aromatic nitrogens is 1. The fourth-order valence-corrected chi connectivity index (χ4v) is 2.09. The quantitative estimate of drug-likeness (QED) is 0.522. The maximum absolute atomic E-state index is 13.6. The molecule has 0 saturated heterocycles. The number of hydrogen-bond donors (Lipinski definition) is 1. The molecule has 1 N–H and O–H groups in total. The van der Waals surface area contributed by atoms with Gasteiger partial charge in [-0.3, -0.25) is 4.79 Å². The number of alkyl halides is 3. The van der Waals surface area contributed by atoms with Gasteiger partial charge in [-0.15, -0.1) is 0 Å². The summed E-state index contributed by atoms with van der Waals surface area (Å²) in [6, 6.07) is 2.66. The summed E-state index contributed by atoms with van der Waals surface area (Å²) < 4.78 is 75.7. The smallest absolute Gasteiger partial charge is 0.373 e. The Labute approximate surface area is 115 Å². The second-order valence-corrected chi connectivity index (χ2v) is 5.67. The van der Waals surface area contributed by atoms with Crippen LogP contribution in [0, 0.1) is 12.7 Å². The van der Waals surface area contributed by atoms with Crippen molar-refractivity contribution in [2.45, 2.75) is 12.4 Å². The van der Waals surface area contributed by atoms with Crippen LogP contribution >= 0.6 is 0 Å². The Morgan fingerprint density at radius 1 is 1.19 bits per heavy atom. The van der Waals surface area contributed by atoms with Gasteiger partial charge in [-0.05, 0) is 30.5 Å². The van der Waals surface area contributed by atoms with Crippen molar-refractivity contribution in [1.82, 2.24) is 4.98 Å². The number of aryl methyl sites for hydroxylation is 1. The molecule has 0 aliphatic carbocycles. The van der Waals surface area contributed by atoms with Crippen LogP contribution in [-0.2, 0) is 10.1 Å². The average Bonchev–Trinajstić information content (AvgIpc) is 2.29. The fourth-order valence-electron chi connectivity index (χ4n) is 1.63. The van der Waals surface area contributed by atoms with Crippen LogP contribution in [0.5, 0.6) is 5.75 Å². The van der Waals surface area contributed by atoms with E-state index in [0.717, 1.165) is 6.07 Å². The SMILES string of the molecule is Cc1cc2cc(OS(=O)(=O)C(F)(F)F)c(F)cc2c(=O)[nH]1. The molecule has 0 fully saturated rings. The second kappa shape index (κ2) is 4.72. The van der Waals surface area contributed by atoms with E-state index in [1.807, 2.05) is 0 Å². The van der Waals surface area contributed by atoms with Crippen LogP contribution in [0.25, 0.3) is 10.8 Å². The highest BCUT2D eigenvalue weighted by atomic mass is 32.2. The number of H-pyrrole nitrogens is 1. The van der Waals surface area contributed by atoms with Gasteiger partial charge in [0, 0.05) is 5.69 Å². The third-order valence-corrected chi connectivity index (χ3v) is 3.48. The van der Waals surface area contributed by atoms with E-state index >= 15 is 0 Å². The molecule has 0 bridgehead atoms. The van der Waals surface area contributed by atoms with Crippen LogP contribution in [0.2, 0.25) is 0 Å². The second-order valence-electron chi connectivity index (χ2n) is 4.13. The molecule has 0 amide bonds. The Morgan fingerprint density at radius 3 is 2.38 bits per heavy atom. The first kappa shape index (κ1) is 15.3. The van der Waals surface area contributed by atoms with Gasteiger partial charge in [-0.2, -0.15) is 21.6 Å². The van der Waals surface area contributed by atoms with Gasteiger partial charge in [0.2, 0.25) is 0 Å². The van der Waals surface area contributed by atoms with E-state index in [2.05, 4.69) is 9.17 Å². The molecule has 0 aliphatic rings. The van der Waals surface area contributed by atoms with E-state index in [9.17, 15) is 30.8 Å².